The zero-order valence-electron chi connectivity index (χ0n) is 21.3. The number of rotatable bonds is 8. The Balaban J connectivity index is 1.38. The maximum Gasteiger partial charge on any atom is 0.269 e. The van der Waals surface area contributed by atoms with Crippen molar-refractivity contribution >= 4 is 35.1 Å². The number of nitro groups is 1. The lowest BCUT2D eigenvalue weighted by Crippen LogP contribution is -2.48. The Morgan fingerprint density at radius 1 is 1.03 bits per heavy atom. The van der Waals surface area contributed by atoms with Crippen LogP contribution in [0.25, 0.3) is 6.08 Å². The number of nitrogens with one attached hydrogen (secondary N) is 1. The summed E-state index contributed by atoms with van der Waals surface area (Å²) in [5.74, 6) is 1.15. The van der Waals surface area contributed by atoms with E-state index in [2.05, 4.69) is 12.2 Å². The lowest BCUT2D eigenvalue weighted by molar-refractivity contribution is -0.384. The summed E-state index contributed by atoms with van der Waals surface area (Å²) in [6.07, 6.45) is 6.43. The van der Waals surface area contributed by atoms with Gasteiger partial charge in [-0.3, -0.25) is 14.9 Å². The smallest absolute Gasteiger partial charge is 0.269 e. The van der Waals surface area contributed by atoms with E-state index in [1.807, 2.05) is 65.6 Å². The Morgan fingerprint density at radius 3 is 2.47 bits per heavy atom. The molecule has 196 valence electrons. The van der Waals surface area contributed by atoms with Gasteiger partial charge >= 0.3 is 0 Å². The molecule has 1 unspecified atom stereocenters. The SMILES string of the molecule is C[C@@H]1CCCC[C@H]1N1C(=O)/C(=C/c2ccccc2OCc2ccc([N+](=O)[O-])cc2)SC1Nc1ccccc1. The average molecular weight is 530 g/mol. The Labute approximate surface area is 227 Å². The lowest BCUT2D eigenvalue weighted by atomic mass is 9.85. The van der Waals surface area contributed by atoms with Gasteiger partial charge in [0.05, 0.1) is 9.83 Å². The van der Waals surface area contributed by atoms with Crippen LogP contribution in [0.5, 0.6) is 5.75 Å². The predicted octanol–water partition coefficient (Wildman–Crippen LogP) is 7.06. The molecule has 38 heavy (non-hydrogen) atoms. The molecule has 2 fully saturated rings. The Hall–Kier alpha value is -3.78. The van der Waals surface area contributed by atoms with E-state index in [9.17, 15) is 14.9 Å². The number of thioether (sulfide) groups is 1. The minimum absolute atomic E-state index is 0.0474. The summed E-state index contributed by atoms with van der Waals surface area (Å²) >= 11 is 1.55. The lowest BCUT2D eigenvalue weighted by Gasteiger charge is -2.39. The summed E-state index contributed by atoms with van der Waals surface area (Å²) in [5.41, 5.74) is 2.50. The molecule has 8 heteroatoms. The minimum atomic E-state index is -0.417. The van der Waals surface area contributed by atoms with Gasteiger partial charge in [-0.05, 0) is 60.7 Å². The van der Waals surface area contributed by atoms with Crippen LogP contribution in [-0.4, -0.2) is 27.3 Å². The monoisotopic (exact) mass is 529 g/mol. The molecule has 3 aromatic carbocycles. The molecule has 2 aliphatic rings. The number of nitro benzene ring substituents is 1. The summed E-state index contributed by atoms with van der Waals surface area (Å²) in [7, 11) is 0. The van der Waals surface area contributed by atoms with Crippen LogP contribution in [0.15, 0.2) is 83.8 Å². The first-order chi connectivity index (χ1) is 18.5. The van der Waals surface area contributed by atoms with Crippen LogP contribution in [0, 0.1) is 16.0 Å². The zero-order chi connectivity index (χ0) is 26.5. The fraction of sp³-hybridized carbons (Fsp3) is 0.300. The molecule has 3 atom stereocenters. The van der Waals surface area contributed by atoms with Crippen LogP contribution in [0.1, 0.15) is 43.7 Å². The van der Waals surface area contributed by atoms with Crippen molar-refractivity contribution < 1.29 is 14.5 Å². The van der Waals surface area contributed by atoms with E-state index in [0.717, 1.165) is 36.1 Å². The standard InChI is InChI=1S/C30H31N3O4S/c1-21-9-5-7-13-26(21)32-29(34)28(38-30(32)31-24-11-3-2-4-12-24)19-23-10-6-8-14-27(23)37-20-22-15-17-25(18-16-22)33(35)36/h2-4,6,8,10-12,14-19,21,26,30-31H,5,7,9,13,20H2,1H3/b28-19-/t21-,26-,30?/m1/s1. The number of amides is 1. The third-order valence-electron chi connectivity index (χ3n) is 7.17. The van der Waals surface area contributed by atoms with Crippen LogP contribution >= 0.6 is 11.8 Å². The van der Waals surface area contributed by atoms with Gasteiger partial charge in [0.25, 0.3) is 11.6 Å². The first-order valence-electron chi connectivity index (χ1n) is 13.0. The molecule has 1 aliphatic carbocycles. The molecule has 1 amide bonds. The van der Waals surface area contributed by atoms with Crippen molar-refractivity contribution in [2.45, 2.75) is 50.8 Å². The molecule has 1 N–H and O–H groups in total. The second-order valence-electron chi connectivity index (χ2n) is 9.78. The van der Waals surface area contributed by atoms with Crippen LogP contribution in [-0.2, 0) is 11.4 Å². The highest BCUT2D eigenvalue weighted by molar-refractivity contribution is 8.05. The van der Waals surface area contributed by atoms with E-state index >= 15 is 0 Å². The molecule has 5 rings (SSSR count). The number of nitrogens with zero attached hydrogens (tertiary/aromatic N) is 2. The van der Waals surface area contributed by atoms with Crippen LogP contribution in [0.3, 0.4) is 0 Å². The van der Waals surface area contributed by atoms with Crippen molar-refractivity contribution in [3.63, 3.8) is 0 Å². The molecule has 0 radical (unpaired) electrons. The van der Waals surface area contributed by atoms with Crippen LogP contribution in [0.4, 0.5) is 11.4 Å². The third-order valence-corrected chi connectivity index (χ3v) is 8.29. The zero-order valence-corrected chi connectivity index (χ0v) is 22.1. The molecule has 0 bridgehead atoms. The minimum Gasteiger partial charge on any atom is -0.488 e. The first kappa shape index (κ1) is 25.9. The van der Waals surface area contributed by atoms with Crippen molar-refractivity contribution in [3.8, 4) is 5.75 Å². The molecule has 1 saturated carbocycles. The summed E-state index contributed by atoms with van der Waals surface area (Å²) < 4.78 is 6.09. The highest BCUT2D eigenvalue weighted by atomic mass is 32.2. The maximum atomic E-state index is 13.8. The molecule has 0 aromatic heterocycles. The normalized spacial score (nSPS) is 22.4. The number of carbonyl (C=O) groups excluding carboxylic acids is 1. The van der Waals surface area contributed by atoms with E-state index in [-0.39, 0.29) is 29.7 Å². The molecule has 1 aliphatic heterocycles. The number of carbonyl (C=O) groups is 1. The summed E-state index contributed by atoms with van der Waals surface area (Å²) in [4.78, 5) is 27.1. The molecule has 3 aromatic rings. The quantitative estimate of drug-likeness (QED) is 0.191. The highest BCUT2D eigenvalue weighted by Gasteiger charge is 2.43. The number of para-hydroxylation sites is 2. The van der Waals surface area contributed by atoms with Crippen molar-refractivity contribution in [1.82, 2.24) is 4.90 Å². The van der Waals surface area contributed by atoms with Crippen molar-refractivity contribution in [3.05, 3.63) is 105 Å². The van der Waals surface area contributed by atoms with E-state index in [0.29, 0.717) is 16.6 Å². The maximum absolute atomic E-state index is 13.8. The Morgan fingerprint density at radius 2 is 1.74 bits per heavy atom. The molecule has 1 heterocycles. The van der Waals surface area contributed by atoms with E-state index in [1.54, 1.807) is 23.9 Å². The number of anilines is 1. The van der Waals surface area contributed by atoms with E-state index < -0.39 is 4.92 Å². The fourth-order valence-corrected chi connectivity index (χ4v) is 6.32. The number of ether oxygens (including phenoxy) is 1. The van der Waals surface area contributed by atoms with Gasteiger partial charge in [-0.15, -0.1) is 0 Å². The van der Waals surface area contributed by atoms with Crippen molar-refractivity contribution in [2.24, 2.45) is 5.92 Å². The summed E-state index contributed by atoms with van der Waals surface area (Å²) in [6.45, 7) is 2.52. The van der Waals surface area contributed by atoms with Gasteiger partial charge in [-0.25, -0.2) is 0 Å². The van der Waals surface area contributed by atoms with Gasteiger partial charge in [0.1, 0.15) is 12.4 Å². The van der Waals surface area contributed by atoms with E-state index in [4.69, 9.17) is 4.74 Å². The van der Waals surface area contributed by atoms with Gasteiger partial charge in [0, 0.05) is 29.4 Å². The number of hydrogen-bond donors (Lipinski definition) is 1. The second kappa shape index (κ2) is 11.7. The van der Waals surface area contributed by atoms with Crippen LogP contribution in [0.2, 0.25) is 0 Å². The number of hydrogen-bond acceptors (Lipinski definition) is 6. The topological polar surface area (TPSA) is 84.7 Å². The second-order valence-corrected chi connectivity index (χ2v) is 10.9. The fourth-order valence-electron chi connectivity index (χ4n) is 5.11. The van der Waals surface area contributed by atoms with Gasteiger partial charge in [0.15, 0.2) is 5.50 Å². The number of benzene rings is 3. The summed E-state index contributed by atoms with van der Waals surface area (Å²) in [5, 5.41) is 14.5. The first-order valence-corrected chi connectivity index (χ1v) is 13.9. The highest BCUT2D eigenvalue weighted by Crippen LogP contribution is 2.42. The van der Waals surface area contributed by atoms with E-state index in [1.165, 1.54) is 18.6 Å². The Kier molecular flexibility index (Phi) is 7.98. The third kappa shape index (κ3) is 5.86. The van der Waals surface area contributed by atoms with Gasteiger partial charge in [0.2, 0.25) is 0 Å². The largest absolute Gasteiger partial charge is 0.488 e. The Bertz CT molecular complexity index is 1310. The predicted molar refractivity (Wildman–Crippen MR) is 152 cm³/mol. The van der Waals surface area contributed by atoms with Gasteiger partial charge in [-0.2, -0.15) is 0 Å². The molecule has 1 saturated heterocycles. The average Bonchev–Trinajstić information content (AvgIpc) is 3.23. The van der Waals surface area contributed by atoms with Crippen molar-refractivity contribution in [2.75, 3.05) is 5.32 Å². The molecule has 0 spiro atoms. The summed E-state index contributed by atoms with van der Waals surface area (Å²) in [6, 6.07) is 24.2. The van der Waals surface area contributed by atoms with Crippen LogP contribution < -0.4 is 10.1 Å². The van der Waals surface area contributed by atoms with Crippen molar-refractivity contribution in [1.29, 1.82) is 0 Å². The number of non-ortho nitro benzene ring substituents is 1. The molecule has 7 nitrogen and oxygen atoms in total. The molecular weight excluding hydrogens is 498 g/mol. The van der Waals surface area contributed by atoms with Gasteiger partial charge < -0.3 is 15.0 Å². The van der Waals surface area contributed by atoms with Gasteiger partial charge in [-0.1, -0.05) is 67.9 Å². The molecular formula is C30H31N3O4S.